The number of amides is 1. The predicted octanol–water partition coefficient (Wildman–Crippen LogP) is 1.48. The molecule has 0 saturated heterocycles. The zero-order chi connectivity index (χ0) is 19.1. The molecule has 27 heavy (non-hydrogen) atoms. The van der Waals surface area contributed by atoms with Crippen molar-refractivity contribution in [3.8, 4) is 17.1 Å². The number of methoxy groups -OCH3 is 1. The fourth-order valence-electron chi connectivity index (χ4n) is 2.43. The van der Waals surface area contributed by atoms with Crippen LogP contribution in [0.3, 0.4) is 0 Å². The first kappa shape index (κ1) is 18.2. The third-order valence-corrected chi connectivity index (χ3v) is 3.93. The summed E-state index contributed by atoms with van der Waals surface area (Å²) in [6, 6.07) is 10.8. The summed E-state index contributed by atoms with van der Waals surface area (Å²) < 4.78 is 5.10. The van der Waals surface area contributed by atoms with Crippen LogP contribution in [0.15, 0.2) is 53.6 Å². The number of nitrogens with one attached hydrogen (secondary N) is 2. The van der Waals surface area contributed by atoms with E-state index in [1.165, 1.54) is 0 Å². The van der Waals surface area contributed by atoms with Crippen molar-refractivity contribution in [3.63, 3.8) is 0 Å². The SMILES string of the molecule is COc1ccc(-c2nnc(CCC(=O)NCc3cccnc3)c(=O)[nH]2)cc1. The number of aromatic amines is 1. The number of benzene rings is 1. The molecule has 0 saturated carbocycles. The van der Waals surface area contributed by atoms with Gasteiger partial charge in [0.05, 0.1) is 7.11 Å². The van der Waals surface area contributed by atoms with Crippen LogP contribution in [-0.4, -0.2) is 33.2 Å². The van der Waals surface area contributed by atoms with Crippen LogP contribution in [-0.2, 0) is 17.8 Å². The van der Waals surface area contributed by atoms with Crippen LogP contribution in [0.4, 0.5) is 0 Å². The Labute approximate surface area is 155 Å². The molecular weight excluding hydrogens is 346 g/mol. The molecule has 0 aliphatic carbocycles. The van der Waals surface area contributed by atoms with Crippen molar-refractivity contribution < 1.29 is 9.53 Å². The fraction of sp³-hybridized carbons (Fsp3) is 0.211. The molecule has 0 unspecified atom stereocenters. The highest BCUT2D eigenvalue weighted by Gasteiger charge is 2.09. The summed E-state index contributed by atoms with van der Waals surface area (Å²) in [4.78, 5) is 30.8. The van der Waals surface area contributed by atoms with Crippen LogP contribution in [0.5, 0.6) is 5.75 Å². The van der Waals surface area contributed by atoms with Gasteiger partial charge in [-0.1, -0.05) is 6.07 Å². The van der Waals surface area contributed by atoms with Crippen molar-refractivity contribution in [2.45, 2.75) is 19.4 Å². The van der Waals surface area contributed by atoms with Gasteiger partial charge < -0.3 is 15.0 Å². The minimum Gasteiger partial charge on any atom is -0.497 e. The smallest absolute Gasteiger partial charge is 0.273 e. The number of aromatic nitrogens is 4. The van der Waals surface area contributed by atoms with Gasteiger partial charge in [-0.05, 0) is 35.9 Å². The van der Waals surface area contributed by atoms with Crippen LogP contribution >= 0.6 is 0 Å². The molecule has 3 rings (SSSR count). The normalized spacial score (nSPS) is 10.4. The van der Waals surface area contributed by atoms with Gasteiger partial charge >= 0.3 is 0 Å². The van der Waals surface area contributed by atoms with E-state index in [9.17, 15) is 9.59 Å². The molecule has 0 aliphatic rings. The Bertz CT molecular complexity index is 955. The van der Waals surface area contributed by atoms with Gasteiger partial charge in [0, 0.05) is 37.3 Å². The molecule has 0 radical (unpaired) electrons. The maximum atomic E-state index is 12.2. The molecule has 0 fully saturated rings. The number of carbonyl (C=O) groups is 1. The summed E-state index contributed by atoms with van der Waals surface area (Å²) in [5.41, 5.74) is 1.51. The largest absolute Gasteiger partial charge is 0.497 e. The summed E-state index contributed by atoms with van der Waals surface area (Å²) in [5.74, 6) is 0.912. The lowest BCUT2D eigenvalue weighted by molar-refractivity contribution is -0.121. The standard InChI is InChI=1S/C19H19N5O3/c1-27-15-6-4-14(5-7-15)18-22-19(26)16(23-24-18)8-9-17(25)21-12-13-3-2-10-20-11-13/h2-7,10-11H,8-9,12H2,1H3,(H,21,25)(H,22,24,26). The molecule has 0 spiro atoms. The van der Waals surface area contributed by atoms with Gasteiger partial charge in [0.1, 0.15) is 11.4 Å². The number of hydrogen-bond acceptors (Lipinski definition) is 6. The van der Waals surface area contributed by atoms with Crippen LogP contribution in [0, 0.1) is 0 Å². The Morgan fingerprint density at radius 3 is 2.67 bits per heavy atom. The number of H-pyrrole nitrogens is 1. The number of aryl methyl sites for hydroxylation is 1. The second kappa shape index (κ2) is 8.70. The third kappa shape index (κ3) is 4.97. The first-order valence-electron chi connectivity index (χ1n) is 8.41. The number of hydrogen-bond donors (Lipinski definition) is 2. The Kier molecular flexibility index (Phi) is 5.88. The maximum absolute atomic E-state index is 12.2. The molecule has 2 aromatic heterocycles. The predicted molar refractivity (Wildman–Crippen MR) is 99.0 cm³/mol. The van der Waals surface area contributed by atoms with E-state index in [0.29, 0.717) is 18.1 Å². The lowest BCUT2D eigenvalue weighted by atomic mass is 10.2. The van der Waals surface area contributed by atoms with E-state index in [-0.39, 0.29) is 30.0 Å². The highest BCUT2D eigenvalue weighted by molar-refractivity contribution is 5.76. The zero-order valence-corrected chi connectivity index (χ0v) is 14.8. The minimum absolute atomic E-state index is 0.153. The van der Waals surface area contributed by atoms with Crippen LogP contribution in [0.2, 0.25) is 0 Å². The number of ether oxygens (including phenoxy) is 1. The van der Waals surface area contributed by atoms with Gasteiger partial charge in [0.15, 0.2) is 5.82 Å². The Hall–Kier alpha value is -3.55. The van der Waals surface area contributed by atoms with Crippen molar-refractivity contribution in [1.82, 2.24) is 25.5 Å². The van der Waals surface area contributed by atoms with Crippen molar-refractivity contribution in [2.24, 2.45) is 0 Å². The van der Waals surface area contributed by atoms with Gasteiger partial charge in [-0.3, -0.25) is 14.6 Å². The summed E-state index contributed by atoms with van der Waals surface area (Å²) in [7, 11) is 1.58. The van der Waals surface area contributed by atoms with E-state index in [1.807, 2.05) is 6.07 Å². The van der Waals surface area contributed by atoms with Gasteiger partial charge in [-0.25, -0.2) is 0 Å². The molecule has 0 aliphatic heterocycles. The molecule has 8 heteroatoms. The van der Waals surface area contributed by atoms with Crippen LogP contribution in [0.1, 0.15) is 17.7 Å². The average molecular weight is 365 g/mol. The third-order valence-electron chi connectivity index (χ3n) is 3.93. The minimum atomic E-state index is -0.351. The second-order valence-electron chi connectivity index (χ2n) is 5.82. The molecule has 2 heterocycles. The summed E-state index contributed by atoms with van der Waals surface area (Å²) in [6.45, 7) is 0.394. The van der Waals surface area contributed by atoms with E-state index in [4.69, 9.17) is 4.74 Å². The molecule has 3 aromatic rings. The van der Waals surface area contributed by atoms with E-state index in [0.717, 1.165) is 11.1 Å². The van der Waals surface area contributed by atoms with Crippen LogP contribution in [0.25, 0.3) is 11.4 Å². The quantitative estimate of drug-likeness (QED) is 0.656. The topological polar surface area (TPSA) is 110 Å². The van der Waals surface area contributed by atoms with E-state index >= 15 is 0 Å². The lowest BCUT2D eigenvalue weighted by Crippen LogP contribution is -2.25. The summed E-state index contributed by atoms with van der Waals surface area (Å²) in [5, 5.41) is 10.8. The van der Waals surface area contributed by atoms with E-state index < -0.39 is 0 Å². The van der Waals surface area contributed by atoms with Crippen molar-refractivity contribution >= 4 is 5.91 Å². The molecule has 8 nitrogen and oxygen atoms in total. The Morgan fingerprint density at radius 1 is 1.19 bits per heavy atom. The summed E-state index contributed by atoms with van der Waals surface area (Å²) in [6.07, 6.45) is 3.73. The van der Waals surface area contributed by atoms with Gasteiger partial charge in [0.2, 0.25) is 5.91 Å². The number of nitrogens with zero attached hydrogens (tertiary/aromatic N) is 3. The molecule has 2 N–H and O–H groups in total. The van der Waals surface area contributed by atoms with Crippen LogP contribution < -0.4 is 15.6 Å². The molecular formula is C19H19N5O3. The molecule has 0 bridgehead atoms. The van der Waals surface area contributed by atoms with E-state index in [2.05, 4.69) is 25.5 Å². The Balaban J connectivity index is 1.57. The maximum Gasteiger partial charge on any atom is 0.273 e. The monoisotopic (exact) mass is 365 g/mol. The van der Waals surface area contributed by atoms with Gasteiger partial charge in [-0.2, -0.15) is 0 Å². The first-order valence-corrected chi connectivity index (χ1v) is 8.41. The molecule has 1 amide bonds. The van der Waals surface area contributed by atoms with Crippen molar-refractivity contribution in [2.75, 3.05) is 7.11 Å². The first-order chi connectivity index (χ1) is 13.2. The zero-order valence-electron chi connectivity index (χ0n) is 14.8. The number of carbonyl (C=O) groups excluding carboxylic acids is 1. The van der Waals surface area contributed by atoms with Crippen molar-refractivity contribution in [1.29, 1.82) is 0 Å². The second-order valence-corrected chi connectivity index (χ2v) is 5.82. The lowest BCUT2D eigenvalue weighted by Gasteiger charge is -2.05. The summed E-state index contributed by atoms with van der Waals surface area (Å²) >= 11 is 0. The van der Waals surface area contributed by atoms with Gasteiger partial charge in [-0.15, -0.1) is 10.2 Å². The molecule has 0 atom stereocenters. The Morgan fingerprint density at radius 2 is 2.00 bits per heavy atom. The molecule has 1 aromatic carbocycles. The number of pyridine rings is 1. The fourth-order valence-corrected chi connectivity index (χ4v) is 2.43. The highest BCUT2D eigenvalue weighted by Crippen LogP contribution is 2.17. The van der Waals surface area contributed by atoms with Crippen molar-refractivity contribution in [3.05, 3.63) is 70.4 Å². The highest BCUT2D eigenvalue weighted by atomic mass is 16.5. The van der Waals surface area contributed by atoms with Gasteiger partial charge in [0.25, 0.3) is 5.56 Å². The van der Waals surface area contributed by atoms with E-state index in [1.54, 1.807) is 49.8 Å². The molecule has 138 valence electrons. The number of rotatable bonds is 7. The average Bonchev–Trinajstić information content (AvgIpc) is 2.72.